The third-order valence-corrected chi connectivity index (χ3v) is 4.93. The minimum Gasteiger partial charge on any atom is -0.434 e. The second kappa shape index (κ2) is 7.87. The van der Waals surface area contributed by atoms with E-state index in [1.807, 2.05) is 44.0 Å². The molecule has 2 aromatic rings. The fourth-order valence-corrected chi connectivity index (χ4v) is 3.51. The van der Waals surface area contributed by atoms with E-state index in [9.17, 15) is 10.1 Å². The third kappa shape index (κ3) is 4.33. The van der Waals surface area contributed by atoms with Crippen molar-refractivity contribution in [3.8, 4) is 11.6 Å². The van der Waals surface area contributed by atoms with Gasteiger partial charge in [-0.05, 0) is 70.1 Å². The molecule has 8 nitrogen and oxygen atoms in total. The highest BCUT2D eigenvalue weighted by Crippen LogP contribution is 2.37. The van der Waals surface area contributed by atoms with Crippen molar-refractivity contribution in [2.24, 2.45) is 0 Å². The van der Waals surface area contributed by atoms with Crippen LogP contribution in [0.2, 0.25) is 0 Å². The molecule has 0 bridgehead atoms. The van der Waals surface area contributed by atoms with Crippen molar-refractivity contribution < 1.29 is 9.66 Å². The van der Waals surface area contributed by atoms with E-state index >= 15 is 0 Å². The van der Waals surface area contributed by atoms with Gasteiger partial charge in [0.1, 0.15) is 12.1 Å². The van der Waals surface area contributed by atoms with E-state index in [2.05, 4.69) is 21.9 Å². The van der Waals surface area contributed by atoms with Crippen LogP contribution in [-0.4, -0.2) is 53.0 Å². The van der Waals surface area contributed by atoms with Crippen LogP contribution in [-0.2, 0) is 0 Å². The average molecular weight is 371 g/mol. The van der Waals surface area contributed by atoms with Crippen molar-refractivity contribution >= 4 is 11.5 Å². The molecule has 0 unspecified atom stereocenters. The molecule has 0 N–H and O–H groups in total. The van der Waals surface area contributed by atoms with Crippen molar-refractivity contribution in [3.05, 3.63) is 45.8 Å². The summed E-state index contributed by atoms with van der Waals surface area (Å²) in [5.74, 6) is 0.792. The number of rotatable bonds is 5. The molecule has 8 heteroatoms. The SMILES string of the molecule is Cc1cc(C)cc(Oc2ncnc(N(C)C3CCN(C)CC3)c2[N+](=O)[O-])c1. The van der Waals surface area contributed by atoms with Crippen LogP contribution in [0.1, 0.15) is 24.0 Å². The number of anilines is 1. The van der Waals surface area contributed by atoms with Crippen LogP contribution < -0.4 is 9.64 Å². The lowest BCUT2D eigenvalue weighted by Gasteiger charge is -2.35. The summed E-state index contributed by atoms with van der Waals surface area (Å²) in [5, 5.41) is 11.8. The van der Waals surface area contributed by atoms with Gasteiger partial charge in [-0.3, -0.25) is 10.1 Å². The van der Waals surface area contributed by atoms with Gasteiger partial charge in [-0.2, -0.15) is 4.98 Å². The van der Waals surface area contributed by atoms with Crippen molar-refractivity contribution in [2.75, 3.05) is 32.1 Å². The van der Waals surface area contributed by atoms with Gasteiger partial charge in [-0.1, -0.05) is 6.07 Å². The Bertz CT molecular complexity index is 814. The van der Waals surface area contributed by atoms with E-state index in [0.29, 0.717) is 11.6 Å². The summed E-state index contributed by atoms with van der Waals surface area (Å²) < 4.78 is 5.80. The molecule has 2 heterocycles. The van der Waals surface area contributed by atoms with Crippen LogP contribution in [0, 0.1) is 24.0 Å². The first-order chi connectivity index (χ1) is 12.8. The highest BCUT2D eigenvalue weighted by Gasteiger charge is 2.31. The number of hydrogen-bond donors (Lipinski definition) is 0. The molecule has 144 valence electrons. The van der Waals surface area contributed by atoms with E-state index in [4.69, 9.17) is 4.74 Å². The number of nitro groups is 1. The first-order valence-corrected chi connectivity index (χ1v) is 9.02. The van der Waals surface area contributed by atoms with Gasteiger partial charge in [-0.15, -0.1) is 0 Å². The summed E-state index contributed by atoms with van der Waals surface area (Å²) in [6.07, 6.45) is 3.19. The number of benzene rings is 1. The van der Waals surface area contributed by atoms with Gasteiger partial charge in [0, 0.05) is 13.1 Å². The van der Waals surface area contributed by atoms with Crippen molar-refractivity contribution in [3.63, 3.8) is 0 Å². The Morgan fingerprint density at radius 2 is 1.81 bits per heavy atom. The molecule has 3 rings (SSSR count). The van der Waals surface area contributed by atoms with Crippen LogP contribution in [0.25, 0.3) is 0 Å². The summed E-state index contributed by atoms with van der Waals surface area (Å²) in [6.45, 7) is 5.82. The predicted molar refractivity (Wildman–Crippen MR) is 104 cm³/mol. The predicted octanol–water partition coefficient (Wildman–Crippen LogP) is 3.32. The molecule has 0 radical (unpaired) electrons. The molecule has 1 aliphatic heterocycles. The topological polar surface area (TPSA) is 84.6 Å². The van der Waals surface area contributed by atoms with E-state index in [1.165, 1.54) is 6.33 Å². The fourth-order valence-electron chi connectivity index (χ4n) is 3.51. The highest BCUT2D eigenvalue weighted by atomic mass is 16.6. The summed E-state index contributed by atoms with van der Waals surface area (Å²) in [7, 11) is 3.94. The Morgan fingerprint density at radius 3 is 2.41 bits per heavy atom. The van der Waals surface area contributed by atoms with Gasteiger partial charge < -0.3 is 14.5 Å². The smallest absolute Gasteiger partial charge is 0.373 e. The minimum atomic E-state index is -0.460. The zero-order valence-electron chi connectivity index (χ0n) is 16.2. The third-order valence-electron chi connectivity index (χ3n) is 4.93. The molecule has 1 aromatic heterocycles. The van der Waals surface area contributed by atoms with E-state index in [-0.39, 0.29) is 17.6 Å². The first kappa shape index (κ1) is 19.0. The second-order valence-electron chi connectivity index (χ2n) is 7.18. The number of aryl methyl sites for hydroxylation is 2. The zero-order chi connectivity index (χ0) is 19.6. The first-order valence-electron chi connectivity index (χ1n) is 9.02. The van der Waals surface area contributed by atoms with Crippen molar-refractivity contribution in [2.45, 2.75) is 32.7 Å². The number of aromatic nitrogens is 2. The van der Waals surface area contributed by atoms with Crippen LogP contribution in [0.3, 0.4) is 0 Å². The number of ether oxygens (including phenoxy) is 1. The molecule has 1 fully saturated rings. The Balaban J connectivity index is 1.93. The van der Waals surface area contributed by atoms with Gasteiger partial charge in [0.15, 0.2) is 0 Å². The lowest BCUT2D eigenvalue weighted by atomic mass is 10.0. The summed E-state index contributed by atoms with van der Waals surface area (Å²) in [5.41, 5.74) is 1.84. The zero-order valence-corrected chi connectivity index (χ0v) is 16.2. The number of likely N-dealkylation sites (tertiary alicyclic amines) is 1. The molecule has 0 amide bonds. The second-order valence-corrected chi connectivity index (χ2v) is 7.18. The number of piperidine rings is 1. The molecule has 0 saturated carbocycles. The van der Waals surface area contributed by atoms with Gasteiger partial charge in [0.25, 0.3) is 0 Å². The molecular weight excluding hydrogens is 346 g/mol. The number of hydrogen-bond acceptors (Lipinski definition) is 7. The molecule has 1 aliphatic rings. The molecule has 0 spiro atoms. The lowest BCUT2D eigenvalue weighted by molar-refractivity contribution is -0.385. The van der Waals surface area contributed by atoms with Crippen LogP contribution in [0.15, 0.2) is 24.5 Å². The monoisotopic (exact) mass is 371 g/mol. The lowest BCUT2D eigenvalue weighted by Crippen LogP contribution is -2.42. The van der Waals surface area contributed by atoms with Crippen molar-refractivity contribution in [1.82, 2.24) is 14.9 Å². The quantitative estimate of drug-likeness (QED) is 0.589. The Kier molecular flexibility index (Phi) is 5.55. The standard InChI is InChI=1S/C19H25N5O3/c1-13-9-14(2)11-16(10-13)27-19-17(24(25)26)18(20-12-21-19)23(4)15-5-7-22(3)8-6-15/h9-12,15H,5-8H2,1-4H3. The number of nitrogens with zero attached hydrogens (tertiary/aromatic N) is 5. The Labute approximate surface area is 158 Å². The largest absolute Gasteiger partial charge is 0.434 e. The molecule has 1 aromatic carbocycles. The maximum absolute atomic E-state index is 11.8. The van der Waals surface area contributed by atoms with E-state index in [0.717, 1.165) is 37.1 Å². The highest BCUT2D eigenvalue weighted by molar-refractivity contribution is 5.63. The van der Waals surface area contributed by atoms with Crippen LogP contribution in [0.4, 0.5) is 11.5 Å². The van der Waals surface area contributed by atoms with Crippen LogP contribution in [0.5, 0.6) is 11.6 Å². The van der Waals surface area contributed by atoms with Gasteiger partial charge in [-0.25, -0.2) is 4.98 Å². The normalized spacial score (nSPS) is 15.6. The van der Waals surface area contributed by atoms with Gasteiger partial charge >= 0.3 is 11.6 Å². The molecule has 27 heavy (non-hydrogen) atoms. The Morgan fingerprint density at radius 1 is 1.19 bits per heavy atom. The van der Waals surface area contributed by atoms with E-state index < -0.39 is 4.92 Å². The summed E-state index contributed by atoms with van der Waals surface area (Å²) in [4.78, 5) is 23.8. The van der Waals surface area contributed by atoms with E-state index in [1.54, 1.807) is 0 Å². The summed E-state index contributed by atoms with van der Waals surface area (Å²) in [6, 6.07) is 5.88. The Hall–Kier alpha value is -2.74. The molecule has 0 atom stereocenters. The van der Waals surface area contributed by atoms with Crippen LogP contribution >= 0.6 is 0 Å². The van der Waals surface area contributed by atoms with Gasteiger partial charge in [0.05, 0.1) is 4.92 Å². The molecular formula is C19H25N5O3. The maximum atomic E-state index is 11.8. The fraction of sp³-hybridized carbons (Fsp3) is 0.474. The average Bonchev–Trinajstić information content (AvgIpc) is 2.60. The summed E-state index contributed by atoms with van der Waals surface area (Å²) >= 11 is 0. The maximum Gasteiger partial charge on any atom is 0.373 e. The van der Waals surface area contributed by atoms with Gasteiger partial charge in [0.2, 0.25) is 5.82 Å². The molecule has 0 aliphatic carbocycles. The molecule has 1 saturated heterocycles. The van der Waals surface area contributed by atoms with Crippen molar-refractivity contribution in [1.29, 1.82) is 0 Å². The minimum absolute atomic E-state index is 0.0326.